The predicted octanol–water partition coefficient (Wildman–Crippen LogP) is 3.61. The van der Waals surface area contributed by atoms with Crippen LogP contribution in [0.15, 0.2) is 48.5 Å². The summed E-state index contributed by atoms with van der Waals surface area (Å²) in [5, 5.41) is 5.62. The Morgan fingerprint density at radius 1 is 1.12 bits per heavy atom. The lowest BCUT2D eigenvalue weighted by molar-refractivity contribution is 0.250. The number of benzene rings is 2. The first-order valence-corrected chi connectivity index (χ1v) is 7.92. The number of urea groups is 1. The van der Waals surface area contributed by atoms with Crippen molar-refractivity contribution < 1.29 is 13.6 Å². The number of carbonyl (C=O) groups excluding carboxylic acids is 1. The second kappa shape index (κ2) is 7.29. The summed E-state index contributed by atoms with van der Waals surface area (Å²) in [6, 6.07) is 12.9. The predicted molar refractivity (Wildman–Crippen MR) is 90.1 cm³/mol. The fraction of sp³-hybridized carbons (Fsp3) is 0.278. The van der Waals surface area contributed by atoms with Gasteiger partial charge in [-0.2, -0.15) is 0 Å². The highest BCUT2D eigenvalue weighted by atomic mass is 19.2. The number of hydrogen-bond donors (Lipinski definition) is 2. The summed E-state index contributed by atoms with van der Waals surface area (Å²) in [6.07, 6.45) is 0.893. The molecule has 2 aromatic carbocycles. The highest BCUT2D eigenvalue weighted by Gasteiger charge is 2.23. The van der Waals surface area contributed by atoms with Crippen LogP contribution in [0, 0.1) is 17.6 Å². The second-order valence-corrected chi connectivity index (χ2v) is 5.90. The minimum absolute atomic E-state index is 0.243. The fourth-order valence-electron chi connectivity index (χ4n) is 2.85. The lowest BCUT2D eigenvalue weighted by Gasteiger charge is -2.19. The third-order valence-corrected chi connectivity index (χ3v) is 4.14. The molecule has 0 aliphatic carbocycles. The molecule has 126 valence electrons. The molecule has 4 nitrogen and oxygen atoms in total. The van der Waals surface area contributed by atoms with Crippen molar-refractivity contribution in [3.05, 3.63) is 60.2 Å². The number of halogens is 2. The van der Waals surface area contributed by atoms with Gasteiger partial charge in [0.15, 0.2) is 11.6 Å². The van der Waals surface area contributed by atoms with Gasteiger partial charge in [-0.3, -0.25) is 0 Å². The van der Waals surface area contributed by atoms with E-state index in [1.165, 1.54) is 6.07 Å². The quantitative estimate of drug-likeness (QED) is 0.899. The molecule has 6 heteroatoms. The number of carbonyl (C=O) groups is 1. The van der Waals surface area contributed by atoms with Crippen LogP contribution in [0.4, 0.5) is 25.0 Å². The zero-order valence-electron chi connectivity index (χ0n) is 13.1. The van der Waals surface area contributed by atoms with Crippen LogP contribution in [-0.4, -0.2) is 25.7 Å². The number of nitrogens with one attached hydrogen (secondary N) is 2. The van der Waals surface area contributed by atoms with Gasteiger partial charge in [0.05, 0.1) is 0 Å². The highest BCUT2D eigenvalue weighted by molar-refractivity contribution is 5.89. The Balaban J connectivity index is 1.47. The maximum absolute atomic E-state index is 13.3. The third kappa shape index (κ3) is 4.01. The van der Waals surface area contributed by atoms with Gasteiger partial charge in [-0.05, 0) is 36.6 Å². The van der Waals surface area contributed by atoms with Gasteiger partial charge < -0.3 is 15.5 Å². The molecule has 1 atom stereocenters. The van der Waals surface area contributed by atoms with Crippen LogP contribution in [-0.2, 0) is 0 Å². The molecule has 3 rings (SSSR count). The average Bonchev–Trinajstić information content (AvgIpc) is 3.05. The number of hydrogen-bond acceptors (Lipinski definition) is 2. The van der Waals surface area contributed by atoms with Gasteiger partial charge in [-0.1, -0.05) is 18.2 Å². The Morgan fingerprint density at radius 2 is 1.92 bits per heavy atom. The van der Waals surface area contributed by atoms with Crippen LogP contribution in [0.5, 0.6) is 0 Å². The molecule has 0 spiro atoms. The van der Waals surface area contributed by atoms with Gasteiger partial charge in [-0.25, -0.2) is 13.6 Å². The topological polar surface area (TPSA) is 44.4 Å². The van der Waals surface area contributed by atoms with Crippen LogP contribution in [0.2, 0.25) is 0 Å². The average molecular weight is 331 g/mol. The molecule has 1 saturated heterocycles. The van der Waals surface area contributed by atoms with E-state index in [1.807, 2.05) is 35.2 Å². The van der Waals surface area contributed by atoms with Crippen LogP contribution < -0.4 is 15.5 Å². The van der Waals surface area contributed by atoms with Crippen molar-refractivity contribution in [1.29, 1.82) is 0 Å². The standard InChI is InChI=1S/C18H19F2N3O/c19-16-7-6-15(10-17(16)20)23-9-8-13(12-23)11-21-18(24)22-14-4-2-1-3-5-14/h1-7,10,13H,8-9,11-12H2,(H2,21,22,24)/t13-/m1/s1. The van der Waals surface area contributed by atoms with Crippen molar-refractivity contribution in [3.63, 3.8) is 0 Å². The van der Waals surface area contributed by atoms with Crippen LogP contribution in [0.25, 0.3) is 0 Å². The normalized spacial score (nSPS) is 16.9. The number of rotatable bonds is 4. The number of para-hydroxylation sites is 1. The molecule has 2 amide bonds. The van der Waals surface area contributed by atoms with E-state index >= 15 is 0 Å². The molecular weight excluding hydrogens is 312 g/mol. The van der Waals surface area contributed by atoms with Crippen molar-refractivity contribution in [3.8, 4) is 0 Å². The molecule has 1 aliphatic rings. The SMILES string of the molecule is O=C(NC[C@H]1CCN(c2ccc(F)c(F)c2)C1)Nc1ccccc1. The van der Waals surface area contributed by atoms with Crippen molar-refractivity contribution in [2.45, 2.75) is 6.42 Å². The molecule has 0 radical (unpaired) electrons. The molecule has 1 fully saturated rings. The van der Waals surface area contributed by atoms with Gasteiger partial charge in [0.1, 0.15) is 0 Å². The maximum atomic E-state index is 13.3. The number of anilines is 2. The first kappa shape index (κ1) is 16.2. The van der Waals surface area contributed by atoms with E-state index in [0.717, 1.165) is 24.7 Å². The highest BCUT2D eigenvalue weighted by Crippen LogP contribution is 2.25. The lowest BCUT2D eigenvalue weighted by Crippen LogP contribution is -2.34. The summed E-state index contributed by atoms with van der Waals surface area (Å²) in [7, 11) is 0. The Kier molecular flexibility index (Phi) is 4.93. The molecule has 2 aromatic rings. The summed E-state index contributed by atoms with van der Waals surface area (Å²) in [5.74, 6) is -1.40. The third-order valence-electron chi connectivity index (χ3n) is 4.14. The van der Waals surface area contributed by atoms with Crippen molar-refractivity contribution in [2.24, 2.45) is 5.92 Å². The van der Waals surface area contributed by atoms with Crippen LogP contribution >= 0.6 is 0 Å². The summed E-state index contributed by atoms with van der Waals surface area (Å²) in [4.78, 5) is 13.9. The molecule has 0 unspecified atom stereocenters. The zero-order chi connectivity index (χ0) is 16.9. The van der Waals surface area contributed by atoms with E-state index < -0.39 is 11.6 Å². The molecule has 2 N–H and O–H groups in total. The van der Waals surface area contributed by atoms with Gasteiger partial charge in [0.2, 0.25) is 0 Å². The van der Waals surface area contributed by atoms with E-state index in [1.54, 1.807) is 6.07 Å². The maximum Gasteiger partial charge on any atom is 0.319 e. The Labute approximate surface area is 139 Å². The number of amides is 2. The van der Waals surface area contributed by atoms with Gasteiger partial charge in [0, 0.05) is 37.1 Å². The van der Waals surface area contributed by atoms with E-state index in [4.69, 9.17) is 0 Å². The molecule has 0 aromatic heterocycles. The monoisotopic (exact) mass is 331 g/mol. The van der Waals surface area contributed by atoms with E-state index in [-0.39, 0.29) is 11.9 Å². The Morgan fingerprint density at radius 3 is 2.67 bits per heavy atom. The van der Waals surface area contributed by atoms with Crippen LogP contribution in [0.3, 0.4) is 0 Å². The lowest BCUT2D eigenvalue weighted by atomic mass is 10.1. The summed E-state index contributed by atoms with van der Waals surface area (Å²) < 4.78 is 26.3. The van der Waals surface area contributed by atoms with Crippen molar-refractivity contribution in [2.75, 3.05) is 29.9 Å². The molecule has 1 heterocycles. The second-order valence-electron chi connectivity index (χ2n) is 5.90. The summed E-state index contributed by atoms with van der Waals surface area (Å²) in [6.45, 7) is 2.01. The Hall–Kier alpha value is -2.63. The first-order valence-electron chi connectivity index (χ1n) is 7.92. The minimum Gasteiger partial charge on any atom is -0.371 e. The summed E-state index contributed by atoms with van der Waals surface area (Å²) >= 11 is 0. The van der Waals surface area contributed by atoms with Crippen LogP contribution in [0.1, 0.15) is 6.42 Å². The van der Waals surface area contributed by atoms with Gasteiger partial charge >= 0.3 is 6.03 Å². The first-order chi connectivity index (χ1) is 11.6. The smallest absolute Gasteiger partial charge is 0.319 e. The van der Waals surface area contributed by atoms with E-state index in [0.29, 0.717) is 18.8 Å². The fourth-order valence-corrected chi connectivity index (χ4v) is 2.85. The molecule has 1 aliphatic heterocycles. The summed E-state index contributed by atoms with van der Waals surface area (Å²) in [5.41, 5.74) is 1.41. The van der Waals surface area contributed by atoms with E-state index in [2.05, 4.69) is 10.6 Å². The van der Waals surface area contributed by atoms with Crippen molar-refractivity contribution >= 4 is 17.4 Å². The molecule has 0 saturated carbocycles. The van der Waals surface area contributed by atoms with Crippen molar-refractivity contribution in [1.82, 2.24) is 5.32 Å². The molecule has 0 bridgehead atoms. The van der Waals surface area contributed by atoms with E-state index in [9.17, 15) is 13.6 Å². The van der Waals surface area contributed by atoms with Gasteiger partial charge in [-0.15, -0.1) is 0 Å². The zero-order valence-corrected chi connectivity index (χ0v) is 13.1. The largest absolute Gasteiger partial charge is 0.371 e. The Bertz CT molecular complexity index is 709. The molecule has 24 heavy (non-hydrogen) atoms. The van der Waals surface area contributed by atoms with Gasteiger partial charge in [0.25, 0.3) is 0 Å². The molecular formula is C18H19F2N3O. The number of nitrogens with zero attached hydrogens (tertiary/aromatic N) is 1. The minimum atomic E-state index is -0.839.